The number of unbranched alkanes of at least 4 members (excludes halogenated alkanes) is 1. The van der Waals surface area contributed by atoms with Crippen LogP contribution in [-0.4, -0.2) is 30.6 Å². The maximum Gasteiger partial charge on any atom is 0.270 e. The highest BCUT2D eigenvalue weighted by molar-refractivity contribution is 7.09. The van der Waals surface area contributed by atoms with Crippen LogP contribution in [0.2, 0.25) is 0 Å². The minimum absolute atomic E-state index is 0.139. The predicted octanol–water partition coefficient (Wildman–Crippen LogP) is 1.54. The summed E-state index contributed by atoms with van der Waals surface area (Å²) < 4.78 is 5.40. The molecule has 0 bridgehead atoms. The maximum absolute atomic E-state index is 11.7. The van der Waals surface area contributed by atoms with Gasteiger partial charge < -0.3 is 15.8 Å². The highest BCUT2D eigenvalue weighted by Gasteiger charge is 2.08. The van der Waals surface area contributed by atoms with Crippen molar-refractivity contribution in [2.45, 2.75) is 32.7 Å². The van der Waals surface area contributed by atoms with Gasteiger partial charge in [0.25, 0.3) is 5.91 Å². The van der Waals surface area contributed by atoms with Gasteiger partial charge in [0.1, 0.15) is 10.7 Å². The van der Waals surface area contributed by atoms with Gasteiger partial charge in [-0.05, 0) is 12.8 Å². The molecule has 5 nitrogen and oxygen atoms in total. The Kier molecular flexibility index (Phi) is 7.55. The second kappa shape index (κ2) is 9.02. The molecule has 0 saturated heterocycles. The molecular weight excluding hydrogens is 250 g/mol. The number of carbonyl (C=O) groups excluding carboxylic acids is 1. The number of hydrogen-bond acceptors (Lipinski definition) is 5. The molecule has 0 spiro atoms. The summed E-state index contributed by atoms with van der Waals surface area (Å²) in [6.07, 6.45) is 3.06. The largest absolute Gasteiger partial charge is 0.381 e. The van der Waals surface area contributed by atoms with E-state index in [0.29, 0.717) is 25.4 Å². The summed E-state index contributed by atoms with van der Waals surface area (Å²) in [5.74, 6) is -0.139. The van der Waals surface area contributed by atoms with E-state index in [-0.39, 0.29) is 5.91 Å². The van der Waals surface area contributed by atoms with Crippen LogP contribution in [0.25, 0.3) is 0 Å². The second-order valence-electron chi connectivity index (χ2n) is 3.91. The lowest BCUT2D eigenvalue weighted by Crippen LogP contribution is -2.25. The van der Waals surface area contributed by atoms with E-state index in [1.165, 1.54) is 11.3 Å². The molecule has 0 radical (unpaired) electrons. The van der Waals surface area contributed by atoms with Crippen molar-refractivity contribution >= 4 is 17.2 Å². The van der Waals surface area contributed by atoms with Crippen molar-refractivity contribution in [2.24, 2.45) is 5.73 Å². The minimum atomic E-state index is -0.139. The Labute approximate surface area is 112 Å². The monoisotopic (exact) mass is 271 g/mol. The first-order valence-corrected chi connectivity index (χ1v) is 7.16. The Morgan fingerprint density at radius 2 is 2.28 bits per heavy atom. The first-order valence-electron chi connectivity index (χ1n) is 6.28. The average molecular weight is 271 g/mol. The van der Waals surface area contributed by atoms with Gasteiger partial charge in [-0.2, -0.15) is 0 Å². The normalized spacial score (nSPS) is 10.6. The van der Waals surface area contributed by atoms with Gasteiger partial charge in [-0.15, -0.1) is 11.3 Å². The summed E-state index contributed by atoms with van der Waals surface area (Å²) in [5.41, 5.74) is 5.89. The van der Waals surface area contributed by atoms with Gasteiger partial charge in [-0.1, -0.05) is 13.3 Å². The number of aromatic nitrogens is 1. The van der Waals surface area contributed by atoms with E-state index in [0.717, 1.165) is 30.9 Å². The highest BCUT2D eigenvalue weighted by Crippen LogP contribution is 2.08. The van der Waals surface area contributed by atoms with E-state index in [1.807, 2.05) is 0 Å². The standard InChI is InChI=1S/C12H21N3O2S/c1-2-3-6-17-7-4-5-14-12(16)10-9-18-11(8-13)15-10/h9H,2-8,13H2,1H3,(H,14,16). The lowest BCUT2D eigenvalue weighted by molar-refractivity contribution is 0.0936. The molecule has 0 aliphatic carbocycles. The minimum Gasteiger partial charge on any atom is -0.381 e. The van der Waals surface area contributed by atoms with Crippen molar-refractivity contribution in [3.63, 3.8) is 0 Å². The van der Waals surface area contributed by atoms with Gasteiger partial charge in [0.15, 0.2) is 0 Å². The zero-order valence-corrected chi connectivity index (χ0v) is 11.6. The summed E-state index contributed by atoms with van der Waals surface area (Å²) >= 11 is 1.41. The Hall–Kier alpha value is -0.980. The quantitative estimate of drug-likeness (QED) is 0.668. The van der Waals surface area contributed by atoms with Crippen molar-refractivity contribution < 1.29 is 9.53 Å². The highest BCUT2D eigenvalue weighted by atomic mass is 32.1. The fourth-order valence-electron chi connectivity index (χ4n) is 1.32. The zero-order valence-electron chi connectivity index (χ0n) is 10.8. The summed E-state index contributed by atoms with van der Waals surface area (Å²) in [7, 11) is 0. The second-order valence-corrected chi connectivity index (χ2v) is 4.85. The number of nitrogens with zero attached hydrogens (tertiary/aromatic N) is 1. The molecule has 1 rings (SSSR count). The van der Waals surface area contributed by atoms with E-state index in [4.69, 9.17) is 10.5 Å². The van der Waals surface area contributed by atoms with E-state index >= 15 is 0 Å². The van der Waals surface area contributed by atoms with Gasteiger partial charge >= 0.3 is 0 Å². The van der Waals surface area contributed by atoms with Crippen LogP contribution in [-0.2, 0) is 11.3 Å². The van der Waals surface area contributed by atoms with Crippen molar-refractivity contribution in [1.82, 2.24) is 10.3 Å². The predicted molar refractivity (Wildman–Crippen MR) is 72.7 cm³/mol. The molecule has 0 atom stereocenters. The number of nitrogens with two attached hydrogens (primary N) is 1. The van der Waals surface area contributed by atoms with Crippen LogP contribution >= 0.6 is 11.3 Å². The molecular formula is C12H21N3O2S. The van der Waals surface area contributed by atoms with Crippen LogP contribution in [0.15, 0.2) is 5.38 Å². The fraction of sp³-hybridized carbons (Fsp3) is 0.667. The Morgan fingerprint density at radius 3 is 2.94 bits per heavy atom. The third-order valence-corrected chi connectivity index (χ3v) is 3.22. The maximum atomic E-state index is 11.7. The summed E-state index contributed by atoms with van der Waals surface area (Å²) in [5, 5.41) is 5.32. The Morgan fingerprint density at radius 1 is 1.50 bits per heavy atom. The van der Waals surface area contributed by atoms with E-state index in [1.54, 1.807) is 5.38 Å². The molecule has 6 heteroatoms. The zero-order chi connectivity index (χ0) is 13.2. The molecule has 0 aliphatic heterocycles. The van der Waals surface area contributed by atoms with Gasteiger partial charge in [-0.3, -0.25) is 4.79 Å². The van der Waals surface area contributed by atoms with Gasteiger partial charge in [0.05, 0.1) is 0 Å². The molecule has 1 amide bonds. The molecule has 0 aliphatic rings. The Balaban J connectivity index is 2.10. The van der Waals surface area contributed by atoms with Gasteiger partial charge in [-0.25, -0.2) is 4.98 Å². The van der Waals surface area contributed by atoms with Crippen molar-refractivity contribution in [3.05, 3.63) is 16.1 Å². The molecule has 18 heavy (non-hydrogen) atoms. The van der Waals surface area contributed by atoms with Crippen LogP contribution in [0, 0.1) is 0 Å². The molecule has 3 N–H and O–H groups in total. The molecule has 0 unspecified atom stereocenters. The number of nitrogens with one attached hydrogen (secondary N) is 1. The molecule has 1 heterocycles. The fourth-order valence-corrected chi connectivity index (χ4v) is 1.98. The Bertz CT molecular complexity index is 355. The lowest BCUT2D eigenvalue weighted by Gasteiger charge is -2.04. The van der Waals surface area contributed by atoms with E-state index in [9.17, 15) is 4.79 Å². The van der Waals surface area contributed by atoms with E-state index < -0.39 is 0 Å². The number of thiazole rings is 1. The topological polar surface area (TPSA) is 77.2 Å². The summed E-state index contributed by atoms with van der Waals surface area (Å²) in [6.45, 7) is 4.61. The third-order valence-electron chi connectivity index (χ3n) is 2.35. The average Bonchev–Trinajstić information content (AvgIpc) is 2.86. The molecule has 102 valence electrons. The summed E-state index contributed by atoms with van der Waals surface area (Å²) in [6, 6.07) is 0. The lowest BCUT2D eigenvalue weighted by atomic mass is 10.3. The van der Waals surface area contributed by atoms with Gasteiger partial charge in [0.2, 0.25) is 0 Å². The van der Waals surface area contributed by atoms with E-state index in [2.05, 4.69) is 17.2 Å². The van der Waals surface area contributed by atoms with Crippen LogP contribution < -0.4 is 11.1 Å². The van der Waals surface area contributed by atoms with Crippen LogP contribution in [0.3, 0.4) is 0 Å². The van der Waals surface area contributed by atoms with Crippen molar-refractivity contribution in [1.29, 1.82) is 0 Å². The molecule has 1 aromatic heterocycles. The molecule has 0 saturated carbocycles. The SMILES string of the molecule is CCCCOCCCNC(=O)c1csc(CN)n1. The molecule has 0 aromatic carbocycles. The summed E-state index contributed by atoms with van der Waals surface area (Å²) in [4.78, 5) is 15.8. The van der Waals surface area contributed by atoms with Gasteiger partial charge in [0, 0.05) is 31.7 Å². The number of hydrogen-bond donors (Lipinski definition) is 2. The van der Waals surface area contributed by atoms with Crippen molar-refractivity contribution in [2.75, 3.05) is 19.8 Å². The third kappa shape index (κ3) is 5.57. The van der Waals surface area contributed by atoms with Crippen LogP contribution in [0.5, 0.6) is 0 Å². The first kappa shape index (κ1) is 15.1. The number of rotatable bonds is 9. The number of carbonyl (C=O) groups is 1. The van der Waals surface area contributed by atoms with Crippen LogP contribution in [0.1, 0.15) is 41.7 Å². The number of ether oxygens (including phenoxy) is 1. The molecule has 1 aromatic rings. The molecule has 0 fully saturated rings. The first-order chi connectivity index (χ1) is 8.77. The number of amides is 1. The smallest absolute Gasteiger partial charge is 0.270 e. The van der Waals surface area contributed by atoms with Crippen LogP contribution in [0.4, 0.5) is 0 Å². The van der Waals surface area contributed by atoms with Crippen molar-refractivity contribution in [3.8, 4) is 0 Å².